The summed E-state index contributed by atoms with van der Waals surface area (Å²) in [6.07, 6.45) is 6.62. The molecule has 0 amide bonds. The van der Waals surface area contributed by atoms with Gasteiger partial charge in [-0.25, -0.2) is 0 Å². The Kier molecular flexibility index (Phi) is 4.69. The highest BCUT2D eigenvalue weighted by Crippen LogP contribution is 2.36. The fourth-order valence-electron chi connectivity index (χ4n) is 3.70. The zero-order valence-corrected chi connectivity index (χ0v) is 13.2. The van der Waals surface area contributed by atoms with Gasteiger partial charge in [0.25, 0.3) is 0 Å². The third-order valence-electron chi connectivity index (χ3n) is 5.17. The van der Waals surface area contributed by atoms with Gasteiger partial charge in [0, 0.05) is 18.0 Å². The number of hydrogen-bond donors (Lipinski definition) is 1. The summed E-state index contributed by atoms with van der Waals surface area (Å²) in [5, 5.41) is 3.79. The monoisotopic (exact) mass is 289 g/mol. The summed E-state index contributed by atoms with van der Waals surface area (Å²) in [5.74, 6) is 3.61. The second-order valence-electron chi connectivity index (χ2n) is 6.52. The second kappa shape index (κ2) is 6.69. The Morgan fingerprint density at radius 2 is 2.10 bits per heavy atom. The smallest absolute Gasteiger partial charge is 0.124 e. The first-order valence-corrected chi connectivity index (χ1v) is 8.32. The molecule has 3 heteroatoms. The van der Waals surface area contributed by atoms with Crippen molar-refractivity contribution in [2.45, 2.75) is 45.1 Å². The Morgan fingerprint density at radius 3 is 2.90 bits per heavy atom. The summed E-state index contributed by atoms with van der Waals surface area (Å²) in [4.78, 5) is 0. The van der Waals surface area contributed by atoms with E-state index in [2.05, 4.69) is 18.3 Å². The Balaban J connectivity index is 1.67. The topological polar surface area (TPSA) is 30.5 Å². The van der Waals surface area contributed by atoms with Gasteiger partial charge in [-0.3, -0.25) is 0 Å². The first-order chi connectivity index (χ1) is 10.3. The maximum absolute atomic E-state index is 5.77. The summed E-state index contributed by atoms with van der Waals surface area (Å²) in [6, 6.07) is 6.53. The van der Waals surface area contributed by atoms with Crippen LogP contribution in [0.15, 0.2) is 18.2 Å². The molecule has 3 atom stereocenters. The number of ether oxygens (including phenoxy) is 2. The Labute approximate surface area is 128 Å². The van der Waals surface area contributed by atoms with Crippen LogP contribution in [0.2, 0.25) is 0 Å². The van der Waals surface area contributed by atoms with E-state index in [-0.39, 0.29) is 0 Å². The van der Waals surface area contributed by atoms with E-state index < -0.39 is 0 Å². The van der Waals surface area contributed by atoms with E-state index in [9.17, 15) is 0 Å². The van der Waals surface area contributed by atoms with Gasteiger partial charge in [-0.15, -0.1) is 0 Å². The van der Waals surface area contributed by atoms with Crippen LogP contribution in [-0.2, 0) is 0 Å². The fraction of sp³-hybridized carbons (Fsp3) is 0.667. The summed E-state index contributed by atoms with van der Waals surface area (Å²) in [5.41, 5.74) is 1.25. The molecule has 3 rings (SSSR count). The number of hydrogen-bond acceptors (Lipinski definition) is 3. The number of benzene rings is 1. The van der Waals surface area contributed by atoms with Crippen LogP contribution in [0.5, 0.6) is 11.5 Å². The lowest BCUT2D eigenvalue weighted by molar-refractivity contribution is 0.216. The molecule has 1 saturated carbocycles. The van der Waals surface area contributed by atoms with Crippen molar-refractivity contribution in [2.24, 2.45) is 11.8 Å². The number of rotatable bonds is 4. The minimum Gasteiger partial charge on any atom is -0.497 e. The van der Waals surface area contributed by atoms with Crippen molar-refractivity contribution < 1.29 is 9.47 Å². The van der Waals surface area contributed by atoms with Gasteiger partial charge in [0.15, 0.2) is 0 Å². The van der Waals surface area contributed by atoms with Crippen LogP contribution in [0.4, 0.5) is 0 Å². The van der Waals surface area contributed by atoms with Crippen LogP contribution in [-0.4, -0.2) is 20.3 Å². The Bertz CT molecular complexity index is 474. The molecule has 21 heavy (non-hydrogen) atoms. The SMILES string of the molecule is COc1ccc2c(c1)C(NCC1CCCCC1C)CCO2. The molecule has 1 N–H and O–H groups in total. The lowest BCUT2D eigenvalue weighted by atomic mass is 9.80. The lowest BCUT2D eigenvalue weighted by Crippen LogP contribution is -2.34. The molecule has 1 aliphatic heterocycles. The van der Waals surface area contributed by atoms with E-state index in [1.54, 1.807) is 7.11 Å². The van der Waals surface area contributed by atoms with Crippen LogP contribution < -0.4 is 14.8 Å². The minimum absolute atomic E-state index is 0.401. The molecule has 1 heterocycles. The van der Waals surface area contributed by atoms with Gasteiger partial charge < -0.3 is 14.8 Å². The predicted octanol–water partition coefficient (Wildman–Crippen LogP) is 3.93. The van der Waals surface area contributed by atoms with E-state index >= 15 is 0 Å². The summed E-state index contributed by atoms with van der Waals surface area (Å²) >= 11 is 0. The minimum atomic E-state index is 0.401. The van der Waals surface area contributed by atoms with Crippen molar-refractivity contribution in [1.29, 1.82) is 0 Å². The van der Waals surface area contributed by atoms with Crippen molar-refractivity contribution in [2.75, 3.05) is 20.3 Å². The van der Waals surface area contributed by atoms with Gasteiger partial charge in [0.05, 0.1) is 13.7 Å². The zero-order valence-electron chi connectivity index (χ0n) is 13.2. The number of nitrogens with one attached hydrogen (secondary N) is 1. The molecule has 0 aromatic heterocycles. The summed E-state index contributed by atoms with van der Waals surface area (Å²) < 4.78 is 11.1. The standard InChI is InChI=1S/C18H27NO2/c1-13-5-3-4-6-14(13)12-19-17-9-10-21-18-8-7-15(20-2)11-16(17)18/h7-8,11,13-14,17,19H,3-6,9-10,12H2,1-2H3. The normalized spacial score (nSPS) is 28.6. The first kappa shape index (κ1) is 14.7. The van der Waals surface area contributed by atoms with Crippen LogP contribution in [0.1, 0.15) is 50.6 Å². The van der Waals surface area contributed by atoms with Gasteiger partial charge in [-0.05, 0) is 43.0 Å². The van der Waals surface area contributed by atoms with Gasteiger partial charge in [-0.2, -0.15) is 0 Å². The molecule has 1 fully saturated rings. The molecule has 1 aromatic carbocycles. The Hall–Kier alpha value is -1.22. The molecule has 3 nitrogen and oxygen atoms in total. The molecule has 116 valence electrons. The van der Waals surface area contributed by atoms with Gasteiger partial charge in [0.1, 0.15) is 11.5 Å². The van der Waals surface area contributed by atoms with Crippen molar-refractivity contribution in [3.63, 3.8) is 0 Å². The Morgan fingerprint density at radius 1 is 1.24 bits per heavy atom. The van der Waals surface area contributed by atoms with Crippen molar-refractivity contribution in [3.8, 4) is 11.5 Å². The highest BCUT2D eigenvalue weighted by atomic mass is 16.5. The summed E-state index contributed by atoms with van der Waals surface area (Å²) in [6.45, 7) is 4.34. The number of fused-ring (bicyclic) bond motifs is 1. The van der Waals surface area contributed by atoms with E-state index in [1.807, 2.05) is 12.1 Å². The fourth-order valence-corrected chi connectivity index (χ4v) is 3.70. The third-order valence-corrected chi connectivity index (χ3v) is 5.17. The largest absolute Gasteiger partial charge is 0.497 e. The maximum Gasteiger partial charge on any atom is 0.124 e. The second-order valence-corrected chi connectivity index (χ2v) is 6.52. The van der Waals surface area contributed by atoms with Crippen molar-refractivity contribution in [1.82, 2.24) is 5.32 Å². The van der Waals surface area contributed by atoms with Crippen LogP contribution in [0, 0.1) is 11.8 Å². The van der Waals surface area contributed by atoms with Crippen molar-refractivity contribution >= 4 is 0 Å². The molecule has 2 aliphatic rings. The average Bonchev–Trinajstić information content (AvgIpc) is 2.53. The molecular weight excluding hydrogens is 262 g/mol. The molecule has 0 radical (unpaired) electrons. The predicted molar refractivity (Wildman–Crippen MR) is 85.0 cm³/mol. The van der Waals surface area contributed by atoms with E-state index in [0.717, 1.165) is 42.9 Å². The molecule has 1 aromatic rings. The van der Waals surface area contributed by atoms with E-state index in [1.165, 1.54) is 31.2 Å². The summed E-state index contributed by atoms with van der Waals surface area (Å²) in [7, 11) is 1.72. The van der Waals surface area contributed by atoms with E-state index in [0.29, 0.717) is 6.04 Å². The maximum atomic E-state index is 5.77. The third kappa shape index (κ3) is 3.34. The average molecular weight is 289 g/mol. The van der Waals surface area contributed by atoms with Gasteiger partial charge in [0.2, 0.25) is 0 Å². The van der Waals surface area contributed by atoms with Gasteiger partial charge >= 0.3 is 0 Å². The lowest BCUT2D eigenvalue weighted by Gasteiger charge is -2.32. The highest BCUT2D eigenvalue weighted by molar-refractivity contribution is 5.43. The van der Waals surface area contributed by atoms with Crippen molar-refractivity contribution in [3.05, 3.63) is 23.8 Å². The first-order valence-electron chi connectivity index (χ1n) is 8.32. The quantitative estimate of drug-likeness (QED) is 0.911. The molecular formula is C18H27NO2. The van der Waals surface area contributed by atoms with Gasteiger partial charge in [-0.1, -0.05) is 26.2 Å². The van der Waals surface area contributed by atoms with Crippen LogP contribution in [0.25, 0.3) is 0 Å². The molecule has 0 saturated heterocycles. The molecule has 0 spiro atoms. The molecule has 1 aliphatic carbocycles. The number of methoxy groups -OCH3 is 1. The van der Waals surface area contributed by atoms with Crippen LogP contribution in [0.3, 0.4) is 0 Å². The van der Waals surface area contributed by atoms with Crippen LogP contribution >= 0.6 is 0 Å². The van der Waals surface area contributed by atoms with E-state index in [4.69, 9.17) is 9.47 Å². The zero-order chi connectivity index (χ0) is 14.7. The molecule has 0 bridgehead atoms. The highest BCUT2D eigenvalue weighted by Gasteiger charge is 2.25. The molecule has 3 unspecified atom stereocenters.